The summed E-state index contributed by atoms with van der Waals surface area (Å²) in [6, 6.07) is 0. The zero-order valence-corrected chi connectivity index (χ0v) is 9.18. The predicted octanol–water partition coefficient (Wildman–Crippen LogP) is 2.09. The minimum absolute atomic E-state index is 0.412. The van der Waals surface area contributed by atoms with E-state index in [0.29, 0.717) is 5.92 Å². The molecule has 0 saturated carbocycles. The molecule has 0 unspecified atom stereocenters. The molecule has 78 valence electrons. The van der Waals surface area contributed by atoms with Crippen LogP contribution in [0.2, 0.25) is 0 Å². The van der Waals surface area contributed by atoms with Crippen molar-refractivity contribution < 1.29 is 0 Å². The first-order chi connectivity index (χ1) is 7.18. The molecule has 0 aliphatic carbocycles. The van der Waals surface area contributed by atoms with Crippen molar-refractivity contribution in [2.45, 2.75) is 26.7 Å². The van der Waals surface area contributed by atoms with Gasteiger partial charge in [-0.15, -0.1) is 0 Å². The Bertz CT molecular complexity index is 442. The first-order valence-corrected chi connectivity index (χ1v) is 5.00. The molecular weight excluding hydrogens is 188 g/mol. The quantitative estimate of drug-likeness (QED) is 0.749. The molecule has 0 fully saturated rings. The first-order valence-electron chi connectivity index (χ1n) is 5.00. The van der Waals surface area contributed by atoms with Crippen molar-refractivity contribution in [2.75, 3.05) is 0 Å². The summed E-state index contributed by atoms with van der Waals surface area (Å²) in [5.41, 5.74) is 1.01. The normalized spacial score (nSPS) is 10.9. The summed E-state index contributed by atoms with van der Waals surface area (Å²) < 4.78 is 1.91. The molecule has 0 aliphatic rings. The Hall–Kier alpha value is -1.71. The standard InChI is InChI=1S/C11H14N4/c1-8(2)10-6-14-11(7-13-10)15-5-4-12-9(15)3/h4-8H,1-3H3. The number of aromatic nitrogens is 4. The molecule has 2 aromatic rings. The summed E-state index contributed by atoms with van der Waals surface area (Å²) in [7, 11) is 0. The van der Waals surface area contributed by atoms with Crippen molar-refractivity contribution in [1.29, 1.82) is 0 Å². The molecule has 0 aliphatic heterocycles. The molecule has 0 N–H and O–H groups in total. The predicted molar refractivity (Wildman–Crippen MR) is 58.0 cm³/mol. The van der Waals surface area contributed by atoms with Gasteiger partial charge in [-0.3, -0.25) is 9.55 Å². The van der Waals surface area contributed by atoms with Crippen LogP contribution in [0.5, 0.6) is 0 Å². The number of rotatable bonds is 2. The van der Waals surface area contributed by atoms with Gasteiger partial charge in [-0.25, -0.2) is 9.97 Å². The summed E-state index contributed by atoms with van der Waals surface area (Å²) >= 11 is 0. The molecule has 0 saturated heterocycles. The van der Waals surface area contributed by atoms with Crippen LogP contribution in [0.25, 0.3) is 5.82 Å². The third-order valence-corrected chi connectivity index (χ3v) is 2.32. The molecule has 0 radical (unpaired) electrons. The highest BCUT2D eigenvalue weighted by Gasteiger charge is 2.04. The molecule has 2 rings (SSSR count). The maximum absolute atomic E-state index is 4.36. The van der Waals surface area contributed by atoms with Gasteiger partial charge < -0.3 is 0 Å². The molecule has 2 heterocycles. The number of hydrogen-bond acceptors (Lipinski definition) is 3. The third-order valence-electron chi connectivity index (χ3n) is 2.32. The van der Waals surface area contributed by atoms with E-state index in [-0.39, 0.29) is 0 Å². The van der Waals surface area contributed by atoms with Gasteiger partial charge in [0.2, 0.25) is 0 Å². The van der Waals surface area contributed by atoms with E-state index in [4.69, 9.17) is 0 Å². The van der Waals surface area contributed by atoms with Crippen LogP contribution in [0.4, 0.5) is 0 Å². The lowest BCUT2D eigenvalue weighted by molar-refractivity contribution is 0.800. The Labute approximate surface area is 89.0 Å². The average molecular weight is 202 g/mol. The summed E-state index contributed by atoms with van der Waals surface area (Å²) in [4.78, 5) is 12.9. The SMILES string of the molecule is Cc1nccn1-c1cnc(C(C)C)cn1. The molecule has 0 spiro atoms. The van der Waals surface area contributed by atoms with Gasteiger partial charge in [0.15, 0.2) is 5.82 Å². The molecule has 4 heteroatoms. The molecule has 0 aromatic carbocycles. The molecule has 0 bridgehead atoms. The Morgan fingerprint density at radius 2 is 1.93 bits per heavy atom. The summed E-state index contributed by atoms with van der Waals surface area (Å²) in [6.07, 6.45) is 7.24. The Kier molecular flexibility index (Phi) is 2.49. The van der Waals surface area contributed by atoms with Crippen LogP contribution in [-0.4, -0.2) is 19.5 Å². The Balaban J connectivity index is 2.36. The van der Waals surface area contributed by atoms with Gasteiger partial charge in [0.25, 0.3) is 0 Å². The van der Waals surface area contributed by atoms with Crippen LogP contribution in [0.15, 0.2) is 24.8 Å². The third kappa shape index (κ3) is 1.88. The first kappa shape index (κ1) is 9.83. The van der Waals surface area contributed by atoms with Crippen LogP contribution < -0.4 is 0 Å². The van der Waals surface area contributed by atoms with Crippen molar-refractivity contribution in [1.82, 2.24) is 19.5 Å². The number of hydrogen-bond donors (Lipinski definition) is 0. The topological polar surface area (TPSA) is 43.6 Å². The molecule has 15 heavy (non-hydrogen) atoms. The minimum atomic E-state index is 0.412. The lowest BCUT2D eigenvalue weighted by Gasteiger charge is -2.06. The van der Waals surface area contributed by atoms with E-state index in [1.54, 1.807) is 12.4 Å². The molecule has 0 atom stereocenters. The summed E-state index contributed by atoms with van der Waals surface area (Å²) in [5, 5.41) is 0. The Morgan fingerprint density at radius 3 is 2.40 bits per heavy atom. The summed E-state index contributed by atoms with van der Waals surface area (Å²) in [5.74, 6) is 2.14. The van der Waals surface area contributed by atoms with Crippen molar-refractivity contribution in [2.24, 2.45) is 0 Å². The van der Waals surface area contributed by atoms with E-state index in [1.165, 1.54) is 0 Å². The van der Waals surface area contributed by atoms with E-state index in [0.717, 1.165) is 17.3 Å². The van der Waals surface area contributed by atoms with Gasteiger partial charge in [-0.1, -0.05) is 13.8 Å². The van der Waals surface area contributed by atoms with Gasteiger partial charge in [-0.05, 0) is 12.8 Å². The van der Waals surface area contributed by atoms with Gasteiger partial charge in [-0.2, -0.15) is 0 Å². The average Bonchev–Trinajstić information content (AvgIpc) is 2.65. The van der Waals surface area contributed by atoms with Gasteiger partial charge in [0.05, 0.1) is 18.1 Å². The van der Waals surface area contributed by atoms with Crippen molar-refractivity contribution in [3.05, 3.63) is 36.3 Å². The maximum Gasteiger partial charge on any atom is 0.156 e. The molecular formula is C11H14N4. The van der Waals surface area contributed by atoms with Crippen molar-refractivity contribution in [3.8, 4) is 5.82 Å². The Morgan fingerprint density at radius 1 is 1.13 bits per heavy atom. The van der Waals surface area contributed by atoms with Gasteiger partial charge in [0, 0.05) is 12.4 Å². The fourth-order valence-corrected chi connectivity index (χ4v) is 1.37. The fourth-order valence-electron chi connectivity index (χ4n) is 1.37. The second-order valence-electron chi connectivity index (χ2n) is 3.80. The largest absolute Gasteiger partial charge is 0.287 e. The van der Waals surface area contributed by atoms with Crippen LogP contribution >= 0.6 is 0 Å². The van der Waals surface area contributed by atoms with E-state index >= 15 is 0 Å². The van der Waals surface area contributed by atoms with Crippen LogP contribution in [0, 0.1) is 6.92 Å². The van der Waals surface area contributed by atoms with Crippen molar-refractivity contribution in [3.63, 3.8) is 0 Å². The van der Waals surface area contributed by atoms with E-state index in [1.807, 2.05) is 23.9 Å². The second kappa shape index (κ2) is 3.81. The van der Waals surface area contributed by atoms with Crippen molar-refractivity contribution >= 4 is 0 Å². The lowest BCUT2D eigenvalue weighted by Crippen LogP contribution is -2.02. The molecule has 2 aromatic heterocycles. The van der Waals surface area contributed by atoms with E-state index in [9.17, 15) is 0 Å². The zero-order valence-electron chi connectivity index (χ0n) is 9.18. The highest BCUT2D eigenvalue weighted by atomic mass is 15.1. The van der Waals surface area contributed by atoms with Gasteiger partial charge >= 0.3 is 0 Å². The van der Waals surface area contributed by atoms with E-state index < -0.39 is 0 Å². The van der Waals surface area contributed by atoms with Crippen LogP contribution in [-0.2, 0) is 0 Å². The highest BCUT2D eigenvalue weighted by molar-refractivity contribution is 5.22. The molecule has 4 nitrogen and oxygen atoms in total. The molecule has 0 amide bonds. The summed E-state index contributed by atoms with van der Waals surface area (Å²) in [6.45, 7) is 6.15. The number of aryl methyl sites for hydroxylation is 1. The second-order valence-corrected chi connectivity index (χ2v) is 3.80. The zero-order chi connectivity index (χ0) is 10.8. The monoisotopic (exact) mass is 202 g/mol. The van der Waals surface area contributed by atoms with Crippen LogP contribution in [0.1, 0.15) is 31.3 Å². The van der Waals surface area contributed by atoms with Crippen LogP contribution in [0.3, 0.4) is 0 Å². The minimum Gasteiger partial charge on any atom is -0.287 e. The number of imidazole rings is 1. The number of nitrogens with zero attached hydrogens (tertiary/aromatic N) is 4. The lowest BCUT2D eigenvalue weighted by atomic mass is 10.1. The smallest absolute Gasteiger partial charge is 0.156 e. The maximum atomic E-state index is 4.36. The fraction of sp³-hybridized carbons (Fsp3) is 0.364. The van der Waals surface area contributed by atoms with Gasteiger partial charge in [0.1, 0.15) is 5.82 Å². The highest BCUT2D eigenvalue weighted by Crippen LogP contribution is 2.11. The van der Waals surface area contributed by atoms with E-state index in [2.05, 4.69) is 28.8 Å².